The molecule has 0 saturated carbocycles. The summed E-state index contributed by atoms with van der Waals surface area (Å²) in [6.07, 6.45) is 1.79. The highest BCUT2D eigenvalue weighted by atomic mass is 16.6. The van der Waals surface area contributed by atoms with Crippen molar-refractivity contribution in [2.75, 3.05) is 13.7 Å². The summed E-state index contributed by atoms with van der Waals surface area (Å²) in [4.78, 5) is 50.0. The van der Waals surface area contributed by atoms with Crippen molar-refractivity contribution in [2.45, 2.75) is 38.6 Å². The molecular formula is C16H19N5O7. The highest BCUT2D eigenvalue weighted by molar-refractivity contribution is 5.84. The Hall–Kier alpha value is -3.37. The molecule has 0 aromatic carbocycles. The Morgan fingerprint density at radius 3 is 2.79 bits per heavy atom. The van der Waals surface area contributed by atoms with Gasteiger partial charge in [-0.1, -0.05) is 5.11 Å². The van der Waals surface area contributed by atoms with E-state index in [-0.39, 0.29) is 18.6 Å². The molecule has 1 saturated heterocycles. The number of aromatic nitrogens is 2. The van der Waals surface area contributed by atoms with Crippen LogP contribution in [-0.4, -0.2) is 46.9 Å². The molecule has 0 aliphatic carbocycles. The van der Waals surface area contributed by atoms with Crippen molar-refractivity contribution in [3.05, 3.63) is 49.1 Å². The summed E-state index contributed by atoms with van der Waals surface area (Å²) in [5.41, 5.74) is 7.59. The van der Waals surface area contributed by atoms with Gasteiger partial charge in [-0.25, -0.2) is 14.2 Å². The van der Waals surface area contributed by atoms with E-state index in [0.717, 1.165) is 28.5 Å². The van der Waals surface area contributed by atoms with Gasteiger partial charge in [0.15, 0.2) is 0 Å². The first-order valence-corrected chi connectivity index (χ1v) is 8.22. The minimum Gasteiger partial charge on any atom is -0.466 e. The number of rotatable bonds is 6. The predicted molar refractivity (Wildman–Crippen MR) is 95.1 cm³/mol. The number of hydrogen-bond donors (Lipinski definition) is 0. The summed E-state index contributed by atoms with van der Waals surface area (Å²) in [5, 5.41) is 3.63. The average Bonchev–Trinajstić information content (AvgIpc) is 3.05. The lowest BCUT2D eigenvalue weighted by Crippen LogP contribution is -2.40. The smallest absolute Gasteiger partial charge is 0.337 e. The van der Waals surface area contributed by atoms with Crippen LogP contribution in [0.1, 0.15) is 25.1 Å². The fourth-order valence-corrected chi connectivity index (χ4v) is 2.68. The zero-order valence-electron chi connectivity index (χ0n) is 15.5. The van der Waals surface area contributed by atoms with E-state index >= 15 is 0 Å². The molecule has 2 heterocycles. The van der Waals surface area contributed by atoms with Crippen molar-refractivity contribution < 1.29 is 23.8 Å². The minimum atomic E-state index is -0.861. The van der Waals surface area contributed by atoms with Crippen molar-refractivity contribution >= 4 is 18.1 Å². The maximum atomic E-state index is 12.7. The Balaban J connectivity index is 2.40. The lowest BCUT2D eigenvalue weighted by molar-refractivity contribution is -0.146. The van der Waals surface area contributed by atoms with Gasteiger partial charge in [0.05, 0.1) is 13.2 Å². The lowest BCUT2D eigenvalue weighted by Gasteiger charge is -2.17. The molecule has 1 aliphatic rings. The van der Waals surface area contributed by atoms with E-state index in [9.17, 15) is 19.2 Å². The number of nitrogens with zero attached hydrogens (tertiary/aromatic N) is 5. The molecular weight excluding hydrogens is 374 g/mol. The third-order valence-electron chi connectivity index (χ3n) is 4.04. The quantitative estimate of drug-likeness (QED) is 0.224. The number of carbonyl (C=O) groups is 2. The molecule has 28 heavy (non-hydrogen) atoms. The van der Waals surface area contributed by atoms with Crippen LogP contribution < -0.4 is 11.2 Å². The van der Waals surface area contributed by atoms with Gasteiger partial charge in [0.2, 0.25) is 0 Å². The molecule has 1 aromatic rings. The molecule has 12 nitrogen and oxygen atoms in total. The van der Waals surface area contributed by atoms with Crippen LogP contribution in [0.2, 0.25) is 0 Å². The van der Waals surface area contributed by atoms with Crippen LogP contribution in [0, 0.1) is 6.92 Å². The summed E-state index contributed by atoms with van der Waals surface area (Å²) in [6, 6.07) is -0.674. The fourth-order valence-electron chi connectivity index (χ4n) is 2.68. The fraction of sp³-hybridized carbons (Fsp3) is 0.500. The molecule has 0 amide bonds. The third-order valence-corrected chi connectivity index (χ3v) is 4.04. The van der Waals surface area contributed by atoms with Crippen molar-refractivity contribution in [1.82, 2.24) is 9.13 Å². The molecule has 0 unspecified atom stereocenters. The van der Waals surface area contributed by atoms with E-state index in [4.69, 9.17) is 15.0 Å². The van der Waals surface area contributed by atoms with Crippen molar-refractivity contribution in [3.63, 3.8) is 0 Å². The number of ether oxygens (including phenoxy) is 3. The van der Waals surface area contributed by atoms with Gasteiger partial charge < -0.3 is 14.2 Å². The molecule has 2 rings (SSSR count). The number of hydrogen-bond acceptors (Lipinski definition) is 8. The van der Waals surface area contributed by atoms with Gasteiger partial charge in [-0.05, 0) is 12.5 Å². The highest BCUT2D eigenvalue weighted by Gasteiger charge is 2.37. The van der Waals surface area contributed by atoms with Gasteiger partial charge in [-0.2, -0.15) is 0 Å². The van der Waals surface area contributed by atoms with E-state index in [1.807, 2.05) is 0 Å². The monoisotopic (exact) mass is 393 g/mol. The number of esters is 2. The van der Waals surface area contributed by atoms with Crippen LogP contribution >= 0.6 is 0 Å². The topological polar surface area (TPSA) is 155 Å². The SMILES string of the molecule is COC(=O)/C=C/n1c(=O)c(C)cn([C@H]2C[C@H](N=[N+]=[N-])[C@@H](COC(C)=O)O2)c1=O. The molecule has 0 spiro atoms. The van der Waals surface area contributed by atoms with Crippen molar-refractivity contribution in [3.8, 4) is 0 Å². The molecule has 3 atom stereocenters. The van der Waals surface area contributed by atoms with Crippen LogP contribution in [0.15, 0.2) is 27.0 Å². The summed E-state index contributed by atoms with van der Waals surface area (Å²) < 4.78 is 17.0. The predicted octanol–water partition coefficient (Wildman–Crippen LogP) is 0.492. The van der Waals surface area contributed by atoms with E-state index in [0.29, 0.717) is 0 Å². The maximum Gasteiger partial charge on any atom is 0.337 e. The van der Waals surface area contributed by atoms with Crippen LogP contribution in [-0.2, 0) is 23.8 Å². The van der Waals surface area contributed by atoms with Crippen LogP contribution in [0.5, 0.6) is 0 Å². The maximum absolute atomic E-state index is 12.7. The molecule has 1 aliphatic heterocycles. The molecule has 0 bridgehead atoms. The average molecular weight is 393 g/mol. The van der Waals surface area contributed by atoms with Gasteiger partial charge in [0, 0.05) is 42.3 Å². The second kappa shape index (κ2) is 9.02. The zero-order valence-corrected chi connectivity index (χ0v) is 15.5. The summed E-state index contributed by atoms with van der Waals surface area (Å²) in [7, 11) is 1.16. The van der Waals surface area contributed by atoms with E-state index in [1.165, 1.54) is 20.0 Å². The first-order valence-electron chi connectivity index (χ1n) is 8.22. The van der Waals surface area contributed by atoms with E-state index in [1.54, 1.807) is 0 Å². The molecule has 1 aromatic heterocycles. The number of azide groups is 1. The second-order valence-corrected chi connectivity index (χ2v) is 5.96. The third kappa shape index (κ3) is 4.67. The Morgan fingerprint density at radius 2 is 2.18 bits per heavy atom. The van der Waals surface area contributed by atoms with E-state index < -0.39 is 41.6 Å². The second-order valence-electron chi connectivity index (χ2n) is 5.96. The van der Waals surface area contributed by atoms with Gasteiger partial charge >= 0.3 is 17.6 Å². The van der Waals surface area contributed by atoms with Gasteiger partial charge in [-0.15, -0.1) is 0 Å². The minimum absolute atomic E-state index is 0.133. The Labute approximate surface area is 158 Å². The van der Waals surface area contributed by atoms with Gasteiger partial charge in [0.25, 0.3) is 5.56 Å². The summed E-state index contributed by atoms with van der Waals surface area (Å²) in [5.74, 6) is -1.26. The molecule has 150 valence electrons. The highest BCUT2D eigenvalue weighted by Crippen LogP contribution is 2.30. The number of aryl methyl sites for hydroxylation is 1. The normalized spacial score (nSPS) is 21.3. The molecule has 12 heteroatoms. The van der Waals surface area contributed by atoms with Crippen LogP contribution in [0.4, 0.5) is 0 Å². The largest absolute Gasteiger partial charge is 0.466 e. The summed E-state index contributed by atoms with van der Waals surface area (Å²) in [6.45, 7) is 2.58. The Bertz CT molecular complexity index is 957. The van der Waals surface area contributed by atoms with Crippen molar-refractivity contribution in [2.24, 2.45) is 5.11 Å². The van der Waals surface area contributed by atoms with Crippen LogP contribution in [0.3, 0.4) is 0 Å². The Morgan fingerprint density at radius 1 is 1.46 bits per heavy atom. The molecule has 0 radical (unpaired) electrons. The Kier molecular flexibility index (Phi) is 6.74. The van der Waals surface area contributed by atoms with Crippen molar-refractivity contribution in [1.29, 1.82) is 0 Å². The van der Waals surface area contributed by atoms with Gasteiger partial charge in [-0.3, -0.25) is 14.2 Å². The summed E-state index contributed by atoms with van der Waals surface area (Å²) >= 11 is 0. The zero-order chi connectivity index (χ0) is 20.8. The molecule has 1 fully saturated rings. The first kappa shape index (κ1) is 20.9. The van der Waals surface area contributed by atoms with E-state index in [2.05, 4.69) is 14.8 Å². The lowest BCUT2D eigenvalue weighted by atomic mass is 10.1. The standard InChI is InChI=1S/C16H19N5O7/c1-9-7-21(16(25)20(15(9)24)5-4-14(23)26-3)13-6-11(18-19-17)12(28-13)8-27-10(2)22/h4-5,7,11-13H,6,8H2,1-3H3/b5-4+/t11-,12+,13+/m0/s1. The number of methoxy groups -OCH3 is 1. The molecule has 0 N–H and O–H groups in total. The first-order chi connectivity index (χ1) is 13.3. The number of carbonyl (C=O) groups excluding carboxylic acids is 2. The van der Waals surface area contributed by atoms with Crippen LogP contribution in [0.25, 0.3) is 16.6 Å². The van der Waals surface area contributed by atoms with Gasteiger partial charge in [0.1, 0.15) is 18.9 Å².